The number of piperidine rings is 1. The number of carbonyl (C=O) groups excluding carboxylic acids is 1. The maximum atomic E-state index is 12.2. The van der Waals surface area contributed by atoms with Crippen LogP contribution in [0.15, 0.2) is 18.2 Å². The molecule has 2 N–H and O–H groups in total. The predicted molar refractivity (Wildman–Crippen MR) is 86.7 cm³/mol. The number of carbonyl (C=O) groups is 1. The van der Waals surface area contributed by atoms with E-state index in [0.29, 0.717) is 23.9 Å². The van der Waals surface area contributed by atoms with Gasteiger partial charge in [0.05, 0.1) is 17.9 Å². The van der Waals surface area contributed by atoms with Crippen LogP contribution in [0.2, 0.25) is 0 Å². The molecule has 0 saturated carbocycles. The van der Waals surface area contributed by atoms with Gasteiger partial charge in [0.1, 0.15) is 0 Å². The first-order chi connectivity index (χ1) is 10.2. The molecule has 0 spiro atoms. The summed E-state index contributed by atoms with van der Waals surface area (Å²) in [6.07, 6.45) is 5.95. The zero-order chi connectivity index (χ0) is 15.2. The van der Waals surface area contributed by atoms with Crippen LogP contribution in [0.4, 0.5) is 11.4 Å². The lowest BCUT2D eigenvalue weighted by atomic mass is 9.96. The molecule has 2 rings (SSSR count). The quantitative estimate of drug-likeness (QED) is 0.665. The Hall–Kier alpha value is -1.71. The van der Waals surface area contributed by atoms with E-state index in [9.17, 15) is 4.79 Å². The van der Waals surface area contributed by atoms with Crippen molar-refractivity contribution in [2.45, 2.75) is 52.0 Å². The van der Waals surface area contributed by atoms with Crippen LogP contribution in [-0.4, -0.2) is 25.2 Å². The topological polar surface area (TPSA) is 55.6 Å². The van der Waals surface area contributed by atoms with Crippen LogP contribution < -0.4 is 10.6 Å². The molecule has 1 heterocycles. The van der Waals surface area contributed by atoms with Gasteiger partial charge in [0, 0.05) is 18.3 Å². The van der Waals surface area contributed by atoms with E-state index in [1.807, 2.05) is 19.1 Å². The normalized spacial score (nSPS) is 18.6. The lowest BCUT2D eigenvalue weighted by Crippen LogP contribution is -2.40. The van der Waals surface area contributed by atoms with Gasteiger partial charge in [-0.1, -0.05) is 13.3 Å². The fourth-order valence-electron chi connectivity index (χ4n) is 3.13. The highest BCUT2D eigenvalue weighted by molar-refractivity contribution is 5.97. The minimum absolute atomic E-state index is 0.277. The van der Waals surface area contributed by atoms with Gasteiger partial charge in [0.2, 0.25) is 0 Å². The Morgan fingerprint density at radius 3 is 2.90 bits per heavy atom. The number of hydrogen-bond acceptors (Lipinski definition) is 4. The number of nitrogens with two attached hydrogens (primary N) is 1. The Balaban J connectivity index is 2.34. The second-order valence-electron chi connectivity index (χ2n) is 5.63. The van der Waals surface area contributed by atoms with Crippen molar-refractivity contribution in [3.63, 3.8) is 0 Å². The van der Waals surface area contributed by atoms with E-state index in [1.165, 1.54) is 19.3 Å². The van der Waals surface area contributed by atoms with Crippen LogP contribution >= 0.6 is 0 Å². The molecule has 1 unspecified atom stereocenters. The first kappa shape index (κ1) is 15.7. The summed E-state index contributed by atoms with van der Waals surface area (Å²) in [5.74, 6) is -0.277. The molecular weight excluding hydrogens is 264 g/mol. The molecule has 0 amide bonds. The zero-order valence-corrected chi connectivity index (χ0v) is 13.1. The fraction of sp³-hybridized carbons (Fsp3) is 0.588. The van der Waals surface area contributed by atoms with Gasteiger partial charge in [-0.25, -0.2) is 4.79 Å². The molecule has 1 fully saturated rings. The smallest absolute Gasteiger partial charge is 0.340 e. The van der Waals surface area contributed by atoms with Gasteiger partial charge in [0.15, 0.2) is 0 Å². The van der Waals surface area contributed by atoms with E-state index in [4.69, 9.17) is 10.5 Å². The molecule has 1 aliphatic rings. The van der Waals surface area contributed by atoms with Gasteiger partial charge in [-0.15, -0.1) is 0 Å². The van der Waals surface area contributed by atoms with Gasteiger partial charge in [-0.2, -0.15) is 0 Å². The highest BCUT2D eigenvalue weighted by Gasteiger charge is 2.26. The third kappa shape index (κ3) is 3.69. The Kier molecular flexibility index (Phi) is 5.48. The van der Waals surface area contributed by atoms with Crippen LogP contribution in [0.25, 0.3) is 0 Å². The Morgan fingerprint density at radius 1 is 1.38 bits per heavy atom. The number of esters is 1. The summed E-state index contributed by atoms with van der Waals surface area (Å²) in [4.78, 5) is 14.6. The predicted octanol–water partition coefficient (Wildman–Crippen LogP) is 3.60. The van der Waals surface area contributed by atoms with Gasteiger partial charge in [-0.3, -0.25) is 0 Å². The molecule has 4 heteroatoms. The summed E-state index contributed by atoms with van der Waals surface area (Å²) in [5, 5.41) is 0. The third-order valence-corrected chi connectivity index (χ3v) is 4.07. The van der Waals surface area contributed by atoms with Crippen LogP contribution in [-0.2, 0) is 4.74 Å². The highest BCUT2D eigenvalue weighted by atomic mass is 16.5. The molecule has 0 aromatic heterocycles. The van der Waals surface area contributed by atoms with Crippen LogP contribution in [0.5, 0.6) is 0 Å². The molecule has 1 aromatic carbocycles. The van der Waals surface area contributed by atoms with E-state index >= 15 is 0 Å². The van der Waals surface area contributed by atoms with E-state index in [1.54, 1.807) is 6.07 Å². The number of nitrogens with zero attached hydrogens (tertiary/aromatic N) is 1. The monoisotopic (exact) mass is 290 g/mol. The highest BCUT2D eigenvalue weighted by Crippen LogP contribution is 2.31. The van der Waals surface area contributed by atoms with Crippen molar-refractivity contribution >= 4 is 17.3 Å². The Morgan fingerprint density at radius 2 is 2.19 bits per heavy atom. The van der Waals surface area contributed by atoms with Crippen molar-refractivity contribution < 1.29 is 9.53 Å². The summed E-state index contributed by atoms with van der Waals surface area (Å²) >= 11 is 0. The van der Waals surface area contributed by atoms with E-state index in [2.05, 4.69) is 11.8 Å². The molecule has 1 aliphatic heterocycles. The lowest BCUT2D eigenvalue weighted by Gasteiger charge is -2.38. The number of hydrogen-bond donors (Lipinski definition) is 1. The lowest BCUT2D eigenvalue weighted by molar-refractivity contribution is 0.0527. The average molecular weight is 290 g/mol. The summed E-state index contributed by atoms with van der Waals surface area (Å²) < 4.78 is 5.19. The minimum Gasteiger partial charge on any atom is -0.462 e. The number of ether oxygens (including phenoxy) is 1. The molecule has 4 nitrogen and oxygen atoms in total. The maximum Gasteiger partial charge on any atom is 0.340 e. The SMILES string of the molecule is CCCC1CCCCN1c1ccc(N)cc1C(=O)OCC. The Bertz CT molecular complexity index is 486. The average Bonchev–Trinajstić information content (AvgIpc) is 2.48. The van der Waals surface area contributed by atoms with E-state index < -0.39 is 0 Å². The second-order valence-corrected chi connectivity index (χ2v) is 5.63. The molecule has 1 atom stereocenters. The van der Waals surface area contributed by atoms with Crippen LogP contribution in [0.3, 0.4) is 0 Å². The number of rotatable bonds is 5. The largest absolute Gasteiger partial charge is 0.462 e. The minimum atomic E-state index is -0.277. The van der Waals surface area contributed by atoms with Gasteiger partial charge in [0.25, 0.3) is 0 Å². The zero-order valence-electron chi connectivity index (χ0n) is 13.1. The molecule has 0 aliphatic carbocycles. The van der Waals surface area contributed by atoms with Gasteiger partial charge >= 0.3 is 5.97 Å². The number of benzene rings is 1. The molecule has 1 saturated heterocycles. The molecule has 1 aromatic rings. The number of nitrogen functional groups attached to an aromatic ring is 1. The molecule has 21 heavy (non-hydrogen) atoms. The first-order valence-corrected chi connectivity index (χ1v) is 8.00. The molecule has 0 bridgehead atoms. The summed E-state index contributed by atoms with van der Waals surface area (Å²) in [7, 11) is 0. The summed E-state index contributed by atoms with van der Waals surface area (Å²) in [5.41, 5.74) is 8.03. The maximum absolute atomic E-state index is 12.2. The van der Waals surface area contributed by atoms with Crippen molar-refractivity contribution in [2.24, 2.45) is 0 Å². The standard InChI is InChI=1S/C17H26N2O2/c1-3-7-14-8-5-6-11-19(14)16-10-9-13(18)12-15(16)17(20)21-4-2/h9-10,12,14H,3-8,11,18H2,1-2H3. The molecular formula is C17H26N2O2. The van der Waals surface area contributed by atoms with Crippen molar-refractivity contribution in [3.8, 4) is 0 Å². The van der Waals surface area contributed by atoms with Crippen LogP contribution in [0.1, 0.15) is 56.3 Å². The van der Waals surface area contributed by atoms with Crippen molar-refractivity contribution in [3.05, 3.63) is 23.8 Å². The van der Waals surface area contributed by atoms with Gasteiger partial charge < -0.3 is 15.4 Å². The van der Waals surface area contributed by atoms with Gasteiger partial charge in [-0.05, 0) is 50.8 Å². The Labute approximate surface area is 127 Å². The second kappa shape index (κ2) is 7.34. The van der Waals surface area contributed by atoms with E-state index in [-0.39, 0.29) is 5.97 Å². The fourth-order valence-corrected chi connectivity index (χ4v) is 3.13. The van der Waals surface area contributed by atoms with Crippen molar-refractivity contribution in [1.82, 2.24) is 0 Å². The summed E-state index contributed by atoms with van der Waals surface area (Å²) in [6.45, 7) is 5.42. The van der Waals surface area contributed by atoms with E-state index in [0.717, 1.165) is 25.1 Å². The summed E-state index contributed by atoms with van der Waals surface area (Å²) in [6, 6.07) is 6.09. The van der Waals surface area contributed by atoms with Crippen LogP contribution in [0, 0.1) is 0 Å². The first-order valence-electron chi connectivity index (χ1n) is 8.00. The molecule has 0 radical (unpaired) electrons. The molecule has 116 valence electrons. The number of anilines is 2. The van der Waals surface area contributed by atoms with Crippen molar-refractivity contribution in [1.29, 1.82) is 0 Å². The third-order valence-electron chi connectivity index (χ3n) is 4.07. The van der Waals surface area contributed by atoms with Crippen molar-refractivity contribution in [2.75, 3.05) is 23.8 Å².